The van der Waals surface area contributed by atoms with Gasteiger partial charge in [0.25, 0.3) is 10.0 Å². The van der Waals surface area contributed by atoms with Crippen molar-refractivity contribution in [2.45, 2.75) is 25.2 Å². The van der Waals surface area contributed by atoms with Crippen LogP contribution in [0, 0.1) is 19.7 Å². The number of aryl methyl sites for hydroxylation is 2. The molecule has 0 bridgehead atoms. The standard InChI is InChI=1S/C18H18FNO4S/c1-11-8-14(24-3)9-12(2)18(11)25(22,23)20-7-6-17(21)15-10-13(19)4-5-16(15)20/h4-5,8-10H,6-7H2,1-3H3. The number of benzene rings is 2. The van der Waals surface area contributed by atoms with Gasteiger partial charge in [-0.05, 0) is 55.3 Å². The number of methoxy groups -OCH3 is 1. The monoisotopic (exact) mass is 363 g/mol. The zero-order chi connectivity index (χ0) is 18.4. The molecule has 7 heteroatoms. The minimum Gasteiger partial charge on any atom is -0.497 e. The van der Waals surface area contributed by atoms with Gasteiger partial charge in [0, 0.05) is 18.5 Å². The van der Waals surface area contributed by atoms with Crippen LogP contribution in [0.4, 0.5) is 10.1 Å². The van der Waals surface area contributed by atoms with Crippen molar-refractivity contribution in [3.05, 3.63) is 52.8 Å². The van der Waals surface area contributed by atoms with E-state index in [1.807, 2.05) is 0 Å². The van der Waals surface area contributed by atoms with Crippen molar-refractivity contribution in [1.29, 1.82) is 0 Å². The summed E-state index contributed by atoms with van der Waals surface area (Å²) in [5, 5.41) is 0. The molecule has 0 saturated carbocycles. The third kappa shape index (κ3) is 2.89. The molecule has 25 heavy (non-hydrogen) atoms. The molecule has 0 aromatic heterocycles. The van der Waals surface area contributed by atoms with Gasteiger partial charge in [-0.25, -0.2) is 12.8 Å². The molecule has 1 aliphatic heterocycles. The van der Waals surface area contributed by atoms with Crippen molar-refractivity contribution in [2.75, 3.05) is 18.0 Å². The molecule has 1 heterocycles. The summed E-state index contributed by atoms with van der Waals surface area (Å²) < 4.78 is 46.4. The number of rotatable bonds is 3. The number of sulfonamides is 1. The fraction of sp³-hybridized carbons (Fsp3) is 0.278. The SMILES string of the molecule is COc1cc(C)c(S(=O)(=O)N2CCC(=O)c3cc(F)ccc32)c(C)c1. The molecule has 1 aliphatic rings. The van der Waals surface area contributed by atoms with Crippen molar-refractivity contribution in [3.63, 3.8) is 0 Å². The van der Waals surface area contributed by atoms with Crippen molar-refractivity contribution in [3.8, 4) is 5.75 Å². The second-order valence-electron chi connectivity index (χ2n) is 6.00. The molecule has 0 N–H and O–H groups in total. The van der Waals surface area contributed by atoms with Gasteiger partial charge < -0.3 is 4.74 Å². The molecule has 0 atom stereocenters. The summed E-state index contributed by atoms with van der Waals surface area (Å²) in [7, 11) is -2.38. The van der Waals surface area contributed by atoms with E-state index in [1.165, 1.54) is 17.5 Å². The number of hydrogen-bond acceptors (Lipinski definition) is 4. The van der Waals surface area contributed by atoms with Crippen LogP contribution in [0.15, 0.2) is 35.2 Å². The predicted octanol–water partition coefficient (Wildman–Crippen LogP) is 3.23. The summed E-state index contributed by atoms with van der Waals surface area (Å²) in [6.07, 6.45) is 0.0178. The first kappa shape index (κ1) is 17.4. The topological polar surface area (TPSA) is 63.7 Å². The summed E-state index contributed by atoms with van der Waals surface area (Å²) >= 11 is 0. The summed E-state index contributed by atoms with van der Waals surface area (Å²) in [6, 6.07) is 6.90. The summed E-state index contributed by atoms with van der Waals surface area (Å²) in [6.45, 7) is 3.43. The maximum Gasteiger partial charge on any atom is 0.264 e. The number of carbonyl (C=O) groups is 1. The van der Waals surface area contributed by atoms with Crippen LogP contribution < -0.4 is 9.04 Å². The van der Waals surface area contributed by atoms with Crippen LogP contribution in [0.25, 0.3) is 0 Å². The average molecular weight is 363 g/mol. The Bertz CT molecular complexity index is 946. The number of ketones is 1. The van der Waals surface area contributed by atoms with E-state index in [0.717, 1.165) is 12.1 Å². The van der Waals surface area contributed by atoms with E-state index in [-0.39, 0.29) is 34.9 Å². The van der Waals surface area contributed by atoms with Gasteiger partial charge in [0.05, 0.1) is 17.7 Å². The lowest BCUT2D eigenvalue weighted by Gasteiger charge is -2.30. The van der Waals surface area contributed by atoms with E-state index in [9.17, 15) is 17.6 Å². The lowest BCUT2D eigenvalue weighted by molar-refractivity contribution is 0.0981. The van der Waals surface area contributed by atoms with E-state index in [4.69, 9.17) is 4.74 Å². The quantitative estimate of drug-likeness (QED) is 0.840. The molecule has 0 saturated heterocycles. The lowest BCUT2D eigenvalue weighted by Crippen LogP contribution is -2.38. The summed E-state index contributed by atoms with van der Waals surface area (Å²) in [5.41, 5.74) is 1.42. The van der Waals surface area contributed by atoms with Crippen molar-refractivity contribution in [1.82, 2.24) is 0 Å². The van der Waals surface area contributed by atoms with Crippen molar-refractivity contribution < 1.29 is 22.3 Å². The maximum absolute atomic E-state index is 13.5. The lowest BCUT2D eigenvalue weighted by atomic mass is 10.0. The number of fused-ring (bicyclic) bond motifs is 1. The van der Waals surface area contributed by atoms with E-state index >= 15 is 0 Å². The largest absolute Gasteiger partial charge is 0.497 e. The zero-order valence-electron chi connectivity index (χ0n) is 14.2. The Morgan fingerprint density at radius 1 is 1.12 bits per heavy atom. The van der Waals surface area contributed by atoms with Gasteiger partial charge in [0.1, 0.15) is 11.6 Å². The van der Waals surface area contributed by atoms with Crippen LogP contribution in [0.3, 0.4) is 0 Å². The number of carbonyl (C=O) groups excluding carboxylic acids is 1. The van der Waals surface area contributed by atoms with Crippen molar-refractivity contribution >= 4 is 21.5 Å². The Hall–Kier alpha value is -2.41. The second-order valence-corrected chi connectivity index (χ2v) is 7.80. The summed E-state index contributed by atoms with van der Waals surface area (Å²) in [5.74, 6) is -0.252. The predicted molar refractivity (Wildman–Crippen MR) is 92.3 cm³/mol. The number of nitrogens with zero attached hydrogens (tertiary/aromatic N) is 1. The molecule has 2 aromatic carbocycles. The van der Waals surface area contributed by atoms with E-state index in [0.29, 0.717) is 16.9 Å². The molecule has 132 valence electrons. The first-order valence-corrected chi connectivity index (χ1v) is 9.20. The highest BCUT2D eigenvalue weighted by Gasteiger charge is 2.34. The molecule has 0 amide bonds. The molecule has 3 rings (SSSR count). The second kappa shape index (κ2) is 6.15. The highest BCUT2D eigenvalue weighted by molar-refractivity contribution is 7.93. The number of anilines is 1. The van der Waals surface area contributed by atoms with E-state index in [2.05, 4.69) is 0 Å². The van der Waals surface area contributed by atoms with Crippen LogP contribution >= 0.6 is 0 Å². The first-order valence-electron chi connectivity index (χ1n) is 7.76. The molecule has 0 radical (unpaired) electrons. The molecule has 0 spiro atoms. The van der Waals surface area contributed by atoms with Crippen molar-refractivity contribution in [2.24, 2.45) is 0 Å². The van der Waals surface area contributed by atoms with Gasteiger partial charge in [-0.3, -0.25) is 9.10 Å². The fourth-order valence-electron chi connectivity index (χ4n) is 3.20. The van der Waals surface area contributed by atoms with Gasteiger partial charge >= 0.3 is 0 Å². The third-order valence-corrected chi connectivity index (χ3v) is 6.41. The van der Waals surface area contributed by atoms with Crippen LogP contribution in [0.2, 0.25) is 0 Å². The number of hydrogen-bond donors (Lipinski definition) is 0. The number of Topliss-reactive ketones (excluding diaryl/α,β-unsaturated/α-hetero) is 1. The Labute approximate surface area is 146 Å². The minimum atomic E-state index is -3.89. The number of halogens is 1. The maximum atomic E-state index is 13.5. The minimum absolute atomic E-state index is 0.0178. The normalized spacial score (nSPS) is 14.4. The fourth-order valence-corrected chi connectivity index (χ4v) is 5.10. The van der Waals surface area contributed by atoms with Gasteiger partial charge in [0.2, 0.25) is 0 Å². The summed E-state index contributed by atoms with van der Waals surface area (Å²) in [4.78, 5) is 12.2. The van der Waals surface area contributed by atoms with Crippen LogP contribution in [0.5, 0.6) is 5.75 Å². The molecule has 2 aromatic rings. The molecule has 0 unspecified atom stereocenters. The third-order valence-electron chi connectivity index (χ3n) is 4.29. The van der Waals surface area contributed by atoms with Crippen LogP contribution in [0.1, 0.15) is 27.9 Å². The molecular weight excluding hydrogens is 345 g/mol. The highest BCUT2D eigenvalue weighted by atomic mass is 32.2. The first-order chi connectivity index (χ1) is 11.8. The van der Waals surface area contributed by atoms with E-state index < -0.39 is 15.8 Å². The van der Waals surface area contributed by atoms with Gasteiger partial charge in [-0.1, -0.05) is 0 Å². The van der Waals surface area contributed by atoms with Crippen LogP contribution in [-0.2, 0) is 10.0 Å². The van der Waals surface area contributed by atoms with Crippen LogP contribution in [-0.4, -0.2) is 27.9 Å². The Kier molecular flexibility index (Phi) is 4.28. The molecule has 0 fully saturated rings. The highest BCUT2D eigenvalue weighted by Crippen LogP contribution is 2.35. The Morgan fingerprint density at radius 3 is 2.36 bits per heavy atom. The van der Waals surface area contributed by atoms with Gasteiger partial charge in [-0.15, -0.1) is 0 Å². The van der Waals surface area contributed by atoms with Gasteiger partial charge in [0.15, 0.2) is 5.78 Å². The van der Waals surface area contributed by atoms with E-state index in [1.54, 1.807) is 26.0 Å². The zero-order valence-corrected chi connectivity index (χ0v) is 15.0. The molecule has 5 nitrogen and oxygen atoms in total. The number of ether oxygens (including phenoxy) is 1. The smallest absolute Gasteiger partial charge is 0.264 e. The molecule has 0 aliphatic carbocycles. The Morgan fingerprint density at radius 2 is 1.76 bits per heavy atom. The molecular formula is C18H18FNO4S. The Balaban J connectivity index is 2.17. The van der Waals surface area contributed by atoms with Gasteiger partial charge in [-0.2, -0.15) is 0 Å². The average Bonchev–Trinajstić information content (AvgIpc) is 2.54.